The maximum absolute atomic E-state index is 12.2. The van der Waals surface area contributed by atoms with Crippen LogP contribution in [-0.2, 0) is 16.0 Å². The molecule has 2 aromatic rings. The number of hydrogen-bond acceptors (Lipinski definition) is 2. The zero-order valence-electron chi connectivity index (χ0n) is 14.1. The molecule has 0 saturated carbocycles. The fourth-order valence-corrected chi connectivity index (χ4v) is 2.50. The second-order valence-electron chi connectivity index (χ2n) is 5.84. The highest BCUT2D eigenvalue weighted by Crippen LogP contribution is 2.21. The van der Waals surface area contributed by atoms with Crippen LogP contribution in [0.3, 0.4) is 0 Å². The molecule has 24 heavy (non-hydrogen) atoms. The summed E-state index contributed by atoms with van der Waals surface area (Å²) in [4.78, 5) is 23.3. The minimum absolute atomic E-state index is 0.0743. The quantitative estimate of drug-likeness (QED) is 0.839. The van der Waals surface area contributed by atoms with Gasteiger partial charge in [-0.05, 0) is 55.2 Å². The predicted octanol–water partition coefficient (Wildman–Crippen LogP) is 4.49. The topological polar surface area (TPSA) is 58.2 Å². The molecule has 0 spiro atoms. The average Bonchev–Trinajstić information content (AvgIpc) is 2.51. The molecule has 126 valence electrons. The van der Waals surface area contributed by atoms with Gasteiger partial charge in [0.05, 0.1) is 0 Å². The largest absolute Gasteiger partial charge is 0.326 e. The second-order valence-corrected chi connectivity index (χ2v) is 6.25. The molecule has 0 aliphatic heterocycles. The Morgan fingerprint density at radius 3 is 2.38 bits per heavy atom. The Balaban J connectivity index is 1.98. The zero-order valence-corrected chi connectivity index (χ0v) is 14.8. The van der Waals surface area contributed by atoms with Crippen LogP contribution in [0.2, 0.25) is 5.02 Å². The van der Waals surface area contributed by atoms with Crippen LogP contribution in [-0.4, -0.2) is 11.8 Å². The van der Waals surface area contributed by atoms with Gasteiger partial charge in [0, 0.05) is 29.7 Å². The van der Waals surface area contributed by atoms with Gasteiger partial charge in [0.1, 0.15) is 0 Å². The van der Waals surface area contributed by atoms with Crippen molar-refractivity contribution < 1.29 is 9.59 Å². The van der Waals surface area contributed by atoms with Crippen molar-refractivity contribution in [3.05, 3.63) is 58.1 Å². The van der Waals surface area contributed by atoms with Crippen molar-refractivity contribution in [2.45, 2.75) is 33.6 Å². The Hall–Kier alpha value is -2.33. The van der Waals surface area contributed by atoms with Gasteiger partial charge in [-0.15, -0.1) is 0 Å². The van der Waals surface area contributed by atoms with E-state index in [4.69, 9.17) is 11.6 Å². The van der Waals surface area contributed by atoms with Crippen molar-refractivity contribution in [1.82, 2.24) is 0 Å². The molecule has 0 aromatic heterocycles. The van der Waals surface area contributed by atoms with Crippen molar-refractivity contribution in [2.24, 2.45) is 0 Å². The third kappa shape index (κ3) is 5.10. The van der Waals surface area contributed by atoms with Crippen LogP contribution in [0.5, 0.6) is 0 Å². The molecule has 0 bridgehead atoms. The van der Waals surface area contributed by atoms with E-state index < -0.39 is 0 Å². The van der Waals surface area contributed by atoms with E-state index in [0.717, 1.165) is 16.7 Å². The number of hydrogen-bond donors (Lipinski definition) is 2. The van der Waals surface area contributed by atoms with Crippen molar-refractivity contribution >= 4 is 34.8 Å². The fraction of sp³-hybridized carbons (Fsp3) is 0.263. The van der Waals surface area contributed by atoms with Crippen LogP contribution in [0.15, 0.2) is 36.4 Å². The van der Waals surface area contributed by atoms with Gasteiger partial charge in [-0.1, -0.05) is 29.8 Å². The van der Waals surface area contributed by atoms with Gasteiger partial charge >= 0.3 is 0 Å². The summed E-state index contributed by atoms with van der Waals surface area (Å²) in [6.45, 7) is 5.31. The lowest BCUT2D eigenvalue weighted by atomic mass is 10.1. The zero-order chi connectivity index (χ0) is 17.7. The van der Waals surface area contributed by atoms with E-state index in [-0.39, 0.29) is 11.8 Å². The van der Waals surface area contributed by atoms with Crippen LogP contribution in [0, 0.1) is 13.8 Å². The molecular weight excluding hydrogens is 324 g/mol. The molecule has 2 aromatic carbocycles. The summed E-state index contributed by atoms with van der Waals surface area (Å²) in [5.74, 6) is -0.220. The van der Waals surface area contributed by atoms with Crippen molar-refractivity contribution in [2.75, 3.05) is 10.6 Å². The average molecular weight is 345 g/mol. The highest BCUT2D eigenvalue weighted by atomic mass is 35.5. The summed E-state index contributed by atoms with van der Waals surface area (Å²) < 4.78 is 0. The third-order valence-electron chi connectivity index (χ3n) is 3.71. The SMILES string of the molecule is CC(=O)Nc1ccc(C)c(NC(=O)CCc2ccc(C)c(Cl)c2)c1. The number of carbonyl (C=O) groups is 2. The lowest BCUT2D eigenvalue weighted by Crippen LogP contribution is -2.14. The van der Waals surface area contributed by atoms with Crippen LogP contribution < -0.4 is 10.6 Å². The van der Waals surface area contributed by atoms with Crippen LogP contribution in [0.1, 0.15) is 30.0 Å². The maximum atomic E-state index is 12.2. The molecule has 2 amide bonds. The first kappa shape index (κ1) is 18.0. The Labute approximate surface area is 147 Å². The van der Waals surface area contributed by atoms with E-state index >= 15 is 0 Å². The van der Waals surface area contributed by atoms with Crippen LogP contribution >= 0.6 is 11.6 Å². The summed E-state index contributed by atoms with van der Waals surface area (Å²) in [6.07, 6.45) is 0.986. The van der Waals surface area contributed by atoms with Gasteiger partial charge in [-0.25, -0.2) is 0 Å². The number of halogens is 1. The van der Waals surface area contributed by atoms with Crippen molar-refractivity contribution in [1.29, 1.82) is 0 Å². The molecule has 0 saturated heterocycles. The monoisotopic (exact) mass is 344 g/mol. The molecule has 4 nitrogen and oxygen atoms in total. The first-order valence-corrected chi connectivity index (χ1v) is 8.16. The molecule has 0 radical (unpaired) electrons. The smallest absolute Gasteiger partial charge is 0.224 e. The number of benzene rings is 2. The molecule has 0 atom stereocenters. The van der Waals surface area contributed by atoms with E-state index in [2.05, 4.69) is 10.6 Å². The molecule has 0 unspecified atom stereocenters. The molecule has 0 fully saturated rings. The summed E-state index contributed by atoms with van der Waals surface area (Å²) in [6, 6.07) is 11.3. The number of carbonyl (C=O) groups excluding carboxylic acids is 2. The molecule has 5 heteroatoms. The van der Waals surface area contributed by atoms with Gasteiger partial charge in [0.2, 0.25) is 11.8 Å². The van der Waals surface area contributed by atoms with Gasteiger partial charge in [-0.2, -0.15) is 0 Å². The fourth-order valence-electron chi connectivity index (χ4n) is 2.30. The normalized spacial score (nSPS) is 10.3. The number of amides is 2. The molecule has 0 aliphatic carbocycles. The maximum Gasteiger partial charge on any atom is 0.224 e. The standard InChI is InChI=1S/C19H21ClN2O2/c1-12-4-6-15(10-17(12)20)7-9-19(24)22-18-11-16(21-14(3)23)8-5-13(18)2/h4-6,8,10-11H,7,9H2,1-3H3,(H,21,23)(H,22,24). The van der Waals surface area contributed by atoms with Crippen molar-refractivity contribution in [3.8, 4) is 0 Å². The predicted molar refractivity (Wildman–Crippen MR) is 98.6 cm³/mol. The van der Waals surface area contributed by atoms with Gasteiger partial charge < -0.3 is 10.6 Å². The van der Waals surface area contributed by atoms with Crippen molar-refractivity contribution in [3.63, 3.8) is 0 Å². The summed E-state index contributed by atoms with van der Waals surface area (Å²) in [5.41, 5.74) is 4.36. The van der Waals surface area contributed by atoms with E-state index in [9.17, 15) is 9.59 Å². The highest BCUT2D eigenvalue weighted by molar-refractivity contribution is 6.31. The minimum Gasteiger partial charge on any atom is -0.326 e. The second kappa shape index (κ2) is 7.97. The first-order valence-electron chi connectivity index (χ1n) is 7.78. The lowest BCUT2D eigenvalue weighted by molar-refractivity contribution is -0.116. The molecule has 2 N–H and O–H groups in total. The number of anilines is 2. The summed E-state index contributed by atoms with van der Waals surface area (Å²) in [5, 5.41) is 6.32. The van der Waals surface area contributed by atoms with Gasteiger partial charge in [-0.3, -0.25) is 9.59 Å². The number of aryl methyl sites for hydroxylation is 3. The molecular formula is C19H21ClN2O2. The van der Waals surface area contributed by atoms with E-state index in [1.54, 1.807) is 12.1 Å². The highest BCUT2D eigenvalue weighted by Gasteiger charge is 2.08. The Morgan fingerprint density at radius 1 is 1.00 bits per heavy atom. The van der Waals surface area contributed by atoms with Gasteiger partial charge in [0.15, 0.2) is 0 Å². The van der Waals surface area contributed by atoms with Crippen LogP contribution in [0.4, 0.5) is 11.4 Å². The minimum atomic E-state index is -0.146. The third-order valence-corrected chi connectivity index (χ3v) is 4.12. The van der Waals surface area contributed by atoms with Gasteiger partial charge in [0.25, 0.3) is 0 Å². The van der Waals surface area contributed by atoms with Crippen LogP contribution in [0.25, 0.3) is 0 Å². The molecule has 0 heterocycles. The van der Waals surface area contributed by atoms with E-state index in [1.165, 1.54) is 6.92 Å². The lowest BCUT2D eigenvalue weighted by Gasteiger charge is -2.11. The molecule has 2 rings (SSSR count). The number of rotatable bonds is 5. The first-order chi connectivity index (χ1) is 11.3. The Kier molecular flexibility index (Phi) is 5.99. The summed E-state index contributed by atoms with van der Waals surface area (Å²) >= 11 is 6.10. The Bertz CT molecular complexity index is 772. The number of nitrogens with one attached hydrogen (secondary N) is 2. The van der Waals surface area contributed by atoms with E-state index in [0.29, 0.717) is 29.2 Å². The van der Waals surface area contributed by atoms with E-state index in [1.807, 2.05) is 38.1 Å². The Morgan fingerprint density at radius 2 is 1.71 bits per heavy atom. The molecule has 0 aliphatic rings. The summed E-state index contributed by atoms with van der Waals surface area (Å²) in [7, 11) is 0.